The van der Waals surface area contributed by atoms with Crippen molar-refractivity contribution in [3.63, 3.8) is 0 Å². The maximum Gasteiger partial charge on any atom is 0.184 e. The molecule has 1 unspecified atom stereocenters. The normalized spacial score (nSPS) is 19.5. The van der Waals surface area contributed by atoms with Crippen LogP contribution in [0.3, 0.4) is 0 Å². The van der Waals surface area contributed by atoms with Gasteiger partial charge in [-0.25, -0.2) is 0 Å². The third-order valence-corrected chi connectivity index (χ3v) is 2.34. The molecule has 0 saturated carbocycles. The molecule has 1 atom stereocenters. The zero-order valence-corrected chi connectivity index (χ0v) is 8.05. The summed E-state index contributed by atoms with van der Waals surface area (Å²) in [5, 5.41) is 8.78. The van der Waals surface area contributed by atoms with Crippen LogP contribution in [0.5, 0.6) is 0 Å². The summed E-state index contributed by atoms with van der Waals surface area (Å²) in [7, 11) is 0. The maximum absolute atomic E-state index is 11.8. The van der Waals surface area contributed by atoms with Crippen LogP contribution in [0.1, 0.15) is 5.56 Å². The summed E-state index contributed by atoms with van der Waals surface area (Å²) < 4.78 is 0. The fraction of sp³-hybridized carbons (Fsp3) is 0.0769. The molecule has 1 aromatic rings. The molecule has 0 bridgehead atoms. The smallest absolute Gasteiger partial charge is 0.184 e. The predicted molar refractivity (Wildman–Crippen MR) is 57.7 cm³/mol. The van der Waals surface area contributed by atoms with E-state index in [-0.39, 0.29) is 5.78 Å². The first-order valence-corrected chi connectivity index (χ1v) is 4.70. The van der Waals surface area contributed by atoms with Crippen LogP contribution in [0.15, 0.2) is 48.6 Å². The Morgan fingerprint density at radius 1 is 1.20 bits per heavy atom. The largest absolute Gasteiger partial charge is 0.292 e. The second-order valence-electron chi connectivity index (χ2n) is 3.30. The number of nitriles is 1. The SMILES string of the molecule is N#CC1C=CC=C(c2ccccc2)C1=O. The molecule has 2 rings (SSSR count). The molecular weight excluding hydrogens is 186 g/mol. The standard InChI is InChI=1S/C13H9NO/c14-9-11-7-4-8-12(13(11)15)10-5-2-1-3-6-10/h1-8,11H. The number of allylic oxidation sites excluding steroid dienone is 4. The van der Waals surface area contributed by atoms with Gasteiger partial charge in [-0.3, -0.25) is 4.79 Å². The first-order valence-electron chi connectivity index (χ1n) is 4.70. The van der Waals surface area contributed by atoms with Crippen LogP contribution in [0.4, 0.5) is 0 Å². The van der Waals surface area contributed by atoms with Crippen molar-refractivity contribution < 1.29 is 4.79 Å². The Balaban J connectivity index is 2.40. The zero-order valence-electron chi connectivity index (χ0n) is 8.05. The van der Waals surface area contributed by atoms with Crippen LogP contribution in [0.25, 0.3) is 5.57 Å². The highest BCUT2D eigenvalue weighted by Crippen LogP contribution is 2.23. The number of hydrogen-bond donors (Lipinski definition) is 0. The van der Waals surface area contributed by atoms with E-state index in [1.165, 1.54) is 0 Å². The summed E-state index contributed by atoms with van der Waals surface area (Å²) in [6, 6.07) is 11.4. The summed E-state index contributed by atoms with van der Waals surface area (Å²) in [6.45, 7) is 0. The third-order valence-electron chi connectivity index (χ3n) is 2.34. The Bertz CT molecular complexity index is 477. The van der Waals surface area contributed by atoms with E-state index >= 15 is 0 Å². The molecule has 2 nitrogen and oxygen atoms in total. The van der Waals surface area contributed by atoms with E-state index in [4.69, 9.17) is 5.26 Å². The first-order chi connectivity index (χ1) is 7.33. The van der Waals surface area contributed by atoms with Gasteiger partial charge in [-0.1, -0.05) is 48.6 Å². The Labute approximate surface area is 88.2 Å². The summed E-state index contributed by atoms with van der Waals surface area (Å²) >= 11 is 0. The summed E-state index contributed by atoms with van der Waals surface area (Å²) in [5.74, 6) is -0.753. The lowest BCUT2D eigenvalue weighted by molar-refractivity contribution is -0.114. The molecule has 2 heteroatoms. The lowest BCUT2D eigenvalue weighted by atomic mass is 9.89. The molecule has 0 saturated heterocycles. The maximum atomic E-state index is 11.8. The molecule has 1 aromatic carbocycles. The van der Waals surface area contributed by atoms with Gasteiger partial charge in [-0.2, -0.15) is 5.26 Å². The number of benzene rings is 1. The lowest BCUT2D eigenvalue weighted by Gasteiger charge is -2.11. The first kappa shape index (κ1) is 9.42. The molecule has 0 radical (unpaired) electrons. The van der Waals surface area contributed by atoms with E-state index in [0.717, 1.165) is 5.56 Å². The molecule has 0 spiro atoms. The molecule has 0 fully saturated rings. The van der Waals surface area contributed by atoms with Crippen molar-refractivity contribution in [3.05, 3.63) is 54.1 Å². The van der Waals surface area contributed by atoms with Gasteiger partial charge < -0.3 is 0 Å². The minimum atomic E-state index is -0.634. The highest BCUT2D eigenvalue weighted by atomic mass is 16.1. The van der Waals surface area contributed by atoms with Crippen LogP contribution < -0.4 is 0 Å². The van der Waals surface area contributed by atoms with Gasteiger partial charge in [0.15, 0.2) is 5.78 Å². The quantitative estimate of drug-likeness (QED) is 0.690. The zero-order chi connectivity index (χ0) is 10.7. The third kappa shape index (κ3) is 1.72. The van der Waals surface area contributed by atoms with E-state index in [9.17, 15) is 4.79 Å². The minimum absolute atomic E-state index is 0.119. The van der Waals surface area contributed by atoms with Gasteiger partial charge in [0.05, 0.1) is 6.07 Å². The molecule has 1 aliphatic rings. The van der Waals surface area contributed by atoms with Crippen molar-refractivity contribution in [2.75, 3.05) is 0 Å². The van der Waals surface area contributed by atoms with Crippen LogP contribution >= 0.6 is 0 Å². The fourth-order valence-electron chi connectivity index (χ4n) is 1.56. The van der Waals surface area contributed by atoms with Crippen molar-refractivity contribution >= 4 is 11.4 Å². The molecule has 72 valence electrons. The van der Waals surface area contributed by atoms with Crippen LogP contribution in [-0.2, 0) is 4.79 Å². The van der Waals surface area contributed by atoms with E-state index in [1.807, 2.05) is 36.4 Å². The van der Waals surface area contributed by atoms with Gasteiger partial charge in [-0.15, -0.1) is 0 Å². The second-order valence-corrected chi connectivity index (χ2v) is 3.30. The minimum Gasteiger partial charge on any atom is -0.292 e. The van der Waals surface area contributed by atoms with Crippen molar-refractivity contribution in [1.82, 2.24) is 0 Å². The van der Waals surface area contributed by atoms with Gasteiger partial charge >= 0.3 is 0 Å². The fourth-order valence-corrected chi connectivity index (χ4v) is 1.56. The summed E-state index contributed by atoms with van der Waals surface area (Å²) in [5.41, 5.74) is 1.48. The van der Waals surface area contributed by atoms with Crippen molar-refractivity contribution in [2.24, 2.45) is 5.92 Å². The van der Waals surface area contributed by atoms with Crippen LogP contribution in [0.2, 0.25) is 0 Å². The van der Waals surface area contributed by atoms with E-state index in [2.05, 4.69) is 0 Å². The Kier molecular flexibility index (Phi) is 2.47. The molecular formula is C13H9NO. The Morgan fingerprint density at radius 2 is 1.93 bits per heavy atom. The molecule has 0 N–H and O–H groups in total. The molecule has 0 aromatic heterocycles. The van der Waals surface area contributed by atoms with Gasteiger partial charge in [-0.05, 0) is 5.56 Å². The Morgan fingerprint density at radius 3 is 2.60 bits per heavy atom. The average molecular weight is 195 g/mol. The number of Topliss-reactive ketones (excluding diaryl/α,β-unsaturated/α-hetero) is 1. The molecule has 0 heterocycles. The highest BCUT2D eigenvalue weighted by Gasteiger charge is 2.22. The summed E-state index contributed by atoms with van der Waals surface area (Å²) in [6.07, 6.45) is 5.14. The van der Waals surface area contributed by atoms with Crippen molar-refractivity contribution in [3.8, 4) is 6.07 Å². The monoisotopic (exact) mass is 195 g/mol. The highest BCUT2D eigenvalue weighted by molar-refractivity contribution is 6.24. The average Bonchev–Trinajstić information content (AvgIpc) is 2.30. The van der Waals surface area contributed by atoms with Gasteiger partial charge in [0.25, 0.3) is 0 Å². The van der Waals surface area contributed by atoms with Crippen molar-refractivity contribution in [1.29, 1.82) is 5.26 Å². The number of ketones is 1. The van der Waals surface area contributed by atoms with E-state index in [1.54, 1.807) is 18.2 Å². The number of carbonyl (C=O) groups is 1. The Hall–Kier alpha value is -2.14. The molecule has 1 aliphatic carbocycles. The van der Waals surface area contributed by atoms with E-state index in [0.29, 0.717) is 5.57 Å². The van der Waals surface area contributed by atoms with Crippen LogP contribution in [-0.4, -0.2) is 5.78 Å². The number of rotatable bonds is 1. The number of carbonyl (C=O) groups excluding carboxylic acids is 1. The van der Waals surface area contributed by atoms with Gasteiger partial charge in [0, 0.05) is 5.57 Å². The van der Waals surface area contributed by atoms with Crippen LogP contribution in [0, 0.1) is 17.2 Å². The second kappa shape index (κ2) is 3.93. The van der Waals surface area contributed by atoms with E-state index < -0.39 is 5.92 Å². The molecule has 15 heavy (non-hydrogen) atoms. The number of hydrogen-bond acceptors (Lipinski definition) is 2. The lowest BCUT2D eigenvalue weighted by Crippen LogP contribution is -2.14. The molecule has 0 aliphatic heterocycles. The van der Waals surface area contributed by atoms with Gasteiger partial charge in [0.2, 0.25) is 0 Å². The molecule has 0 amide bonds. The summed E-state index contributed by atoms with van der Waals surface area (Å²) in [4.78, 5) is 11.8. The predicted octanol–water partition coefficient (Wildman–Crippen LogP) is 2.35. The van der Waals surface area contributed by atoms with Gasteiger partial charge in [0.1, 0.15) is 5.92 Å². The topological polar surface area (TPSA) is 40.9 Å². The van der Waals surface area contributed by atoms with Crippen molar-refractivity contribution in [2.45, 2.75) is 0 Å². The number of nitrogens with zero attached hydrogens (tertiary/aromatic N) is 1.